The van der Waals surface area contributed by atoms with E-state index in [9.17, 15) is 14.4 Å². The molecular weight excluding hydrogens is 302 g/mol. The van der Waals surface area contributed by atoms with Crippen LogP contribution in [0.25, 0.3) is 0 Å². The van der Waals surface area contributed by atoms with Crippen molar-refractivity contribution >= 4 is 18.2 Å². The molecule has 0 radical (unpaired) electrons. The van der Waals surface area contributed by atoms with E-state index in [2.05, 4.69) is 10.6 Å². The van der Waals surface area contributed by atoms with Gasteiger partial charge in [0.05, 0.1) is 13.7 Å². The Labute approximate surface area is 134 Å². The van der Waals surface area contributed by atoms with Crippen LogP contribution < -0.4 is 15.4 Å². The number of rotatable bonds is 9. The number of hydrogen-bond donors (Lipinski definition) is 3. The van der Waals surface area contributed by atoms with Gasteiger partial charge in [-0.3, -0.25) is 19.6 Å². The van der Waals surface area contributed by atoms with E-state index < -0.39 is 11.9 Å². The van der Waals surface area contributed by atoms with Crippen LogP contribution in [0.15, 0.2) is 24.3 Å². The Hall–Kier alpha value is -2.61. The van der Waals surface area contributed by atoms with E-state index in [4.69, 9.17) is 9.94 Å². The normalized spacial score (nSPS) is 11.3. The van der Waals surface area contributed by atoms with Crippen molar-refractivity contribution in [1.29, 1.82) is 0 Å². The minimum absolute atomic E-state index is 0.106. The van der Waals surface area contributed by atoms with E-state index in [1.54, 1.807) is 19.2 Å². The second kappa shape index (κ2) is 9.42. The van der Waals surface area contributed by atoms with Crippen LogP contribution in [0.2, 0.25) is 0 Å². The molecule has 0 fully saturated rings. The summed E-state index contributed by atoms with van der Waals surface area (Å²) in [6.45, 7) is -0.141. The number of nitrogens with zero attached hydrogens (tertiary/aromatic N) is 1. The molecule has 1 aromatic carbocycles. The average Bonchev–Trinajstić information content (AvgIpc) is 2.58. The van der Waals surface area contributed by atoms with Crippen LogP contribution in [0.3, 0.4) is 0 Å². The number of hydroxylamine groups is 2. The Kier molecular flexibility index (Phi) is 7.55. The largest absolute Gasteiger partial charge is 0.497 e. The summed E-state index contributed by atoms with van der Waals surface area (Å²) in [5, 5.41) is 14.4. The van der Waals surface area contributed by atoms with Gasteiger partial charge in [0.1, 0.15) is 11.8 Å². The summed E-state index contributed by atoms with van der Waals surface area (Å²) in [5.74, 6) is -0.0652. The minimum Gasteiger partial charge on any atom is -0.497 e. The highest BCUT2D eigenvalue weighted by Crippen LogP contribution is 2.12. The molecule has 0 unspecified atom stereocenters. The van der Waals surface area contributed by atoms with Crippen LogP contribution in [0.5, 0.6) is 5.75 Å². The van der Waals surface area contributed by atoms with Crippen molar-refractivity contribution in [2.75, 3.05) is 20.7 Å². The lowest BCUT2D eigenvalue weighted by atomic mass is 10.0. The molecule has 0 aliphatic rings. The van der Waals surface area contributed by atoms with Crippen molar-refractivity contribution < 1.29 is 24.3 Å². The predicted molar refractivity (Wildman–Crippen MR) is 81.9 cm³/mol. The molecule has 0 spiro atoms. The second-order valence-electron chi connectivity index (χ2n) is 4.81. The van der Waals surface area contributed by atoms with Crippen LogP contribution >= 0.6 is 0 Å². The summed E-state index contributed by atoms with van der Waals surface area (Å²) in [5.41, 5.74) is 0.858. The van der Waals surface area contributed by atoms with Crippen molar-refractivity contribution in [3.63, 3.8) is 0 Å². The van der Waals surface area contributed by atoms with Gasteiger partial charge in [-0.05, 0) is 17.7 Å². The van der Waals surface area contributed by atoms with Gasteiger partial charge in [-0.15, -0.1) is 0 Å². The molecular formula is C15H21N3O5. The molecule has 0 saturated heterocycles. The van der Waals surface area contributed by atoms with Gasteiger partial charge in [0, 0.05) is 19.9 Å². The number of likely N-dealkylation sites (N-methyl/N-ethyl adjacent to an activating group) is 1. The van der Waals surface area contributed by atoms with Gasteiger partial charge in [0.15, 0.2) is 0 Å². The van der Waals surface area contributed by atoms with Crippen molar-refractivity contribution in [2.24, 2.45) is 0 Å². The molecule has 1 rings (SSSR count). The molecule has 8 nitrogen and oxygen atoms in total. The molecule has 0 aliphatic carbocycles. The smallest absolute Gasteiger partial charge is 0.242 e. The number of carbonyl (C=O) groups is 3. The van der Waals surface area contributed by atoms with E-state index in [-0.39, 0.29) is 25.3 Å². The van der Waals surface area contributed by atoms with E-state index >= 15 is 0 Å². The van der Waals surface area contributed by atoms with Gasteiger partial charge in [0.25, 0.3) is 0 Å². The summed E-state index contributed by atoms with van der Waals surface area (Å²) in [6, 6.07) is 6.41. The van der Waals surface area contributed by atoms with Crippen molar-refractivity contribution in [3.8, 4) is 5.75 Å². The molecule has 1 aromatic rings. The Morgan fingerprint density at radius 2 is 2.00 bits per heavy atom. The van der Waals surface area contributed by atoms with Crippen LogP contribution in [-0.4, -0.2) is 55.2 Å². The Balaban J connectivity index is 2.66. The molecule has 23 heavy (non-hydrogen) atoms. The summed E-state index contributed by atoms with van der Waals surface area (Å²) in [4.78, 5) is 34.0. The van der Waals surface area contributed by atoms with E-state index in [0.29, 0.717) is 17.2 Å². The Bertz CT molecular complexity index is 532. The lowest BCUT2D eigenvalue weighted by molar-refractivity contribution is -0.151. The van der Waals surface area contributed by atoms with Crippen LogP contribution in [-0.2, 0) is 20.8 Å². The van der Waals surface area contributed by atoms with Gasteiger partial charge in [-0.2, -0.15) is 0 Å². The lowest BCUT2D eigenvalue weighted by Crippen LogP contribution is -2.47. The summed E-state index contributed by atoms with van der Waals surface area (Å²) in [7, 11) is 3.05. The number of amides is 3. The molecule has 3 amide bonds. The highest BCUT2D eigenvalue weighted by molar-refractivity contribution is 5.87. The first-order valence-corrected chi connectivity index (χ1v) is 7.04. The highest BCUT2D eigenvalue weighted by atomic mass is 16.5. The average molecular weight is 323 g/mol. The zero-order valence-corrected chi connectivity index (χ0v) is 13.1. The lowest BCUT2D eigenvalue weighted by Gasteiger charge is -2.18. The first-order chi connectivity index (χ1) is 11.0. The molecule has 1 atom stereocenters. The summed E-state index contributed by atoms with van der Waals surface area (Å²) >= 11 is 0. The maximum absolute atomic E-state index is 11.9. The minimum atomic E-state index is -0.746. The Morgan fingerprint density at radius 3 is 2.52 bits per heavy atom. The van der Waals surface area contributed by atoms with Gasteiger partial charge in [0.2, 0.25) is 18.2 Å². The third kappa shape index (κ3) is 6.35. The number of ether oxygens (including phenoxy) is 1. The van der Waals surface area contributed by atoms with E-state index in [1.165, 1.54) is 7.05 Å². The first-order valence-electron chi connectivity index (χ1n) is 7.04. The summed E-state index contributed by atoms with van der Waals surface area (Å²) < 4.78 is 5.07. The summed E-state index contributed by atoms with van der Waals surface area (Å²) in [6.07, 6.45) is 0.415. The van der Waals surface area contributed by atoms with Crippen LogP contribution in [0.1, 0.15) is 12.0 Å². The number of nitrogens with one attached hydrogen (secondary N) is 2. The van der Waals surface area contributed by atoms with Crippen LogP contribution in [0, 0.1) is 0 Å². The van der Waals surface area contributed by atoms with Crippen molar-refractivity contribution in [3.05, 3.63) is 29.8 Å². The first kappa shape index (κ1) is 18.4. The number of hydrogen-bond acceptors (Lipinski definition) is 5. The molecule has 0 aromatic heterocycles. The maximum Gasteiger partial charge on any atom is 0.242 e. The number of carbonyl (C=O) groups excluding carboxylic acids is 3. The molecule has 0 bridgehead atoms. The Morgan fingerprint density at radius 1 is 1.35 bits per heavy atom. The highest BCUT2D eigenvalue weighted by Gasteiger charge is 2.20. The van der Waals surface area contributed by atoms with Crippen molar-refractivity contribution in [2.45, 2.75) is 18.9 Å². The fourth-order valence-electron chi connectivity index (χ4n) is 1.92. The standard InChI is InChI=1S/C15H21N3O5/c1-16-15(21)13(17-14(20)7-8-18(22)10-19)9-11-3-5-12(23-2)6-4-11/h3-6,10,13,22H,7-9H2,1-2H3,(H,16,21)(H,17,20)/t13-/m0/s1. The van der Waals surface area contributed by atoms with Gasteiger partial charge in [-0.1, -0.05) is 12.1 Å². The molecule has 126 valence electrons. The monoisotopic (exact) mass is 323 g/mol. The topological polar surface area (TPSA) is 108 Å². The molecule has 0 aliphatic heterocycles. The van der Waals surface area contributed by atoms with Gasteiger partial charge in [-0.25, -0.2) is 5.06 Å². The van der Waals surface area contributed by atoms with E-state index in [0.717, 1.165) is 5.56 Å². The molecule has 8 heteroatoms. The molecule has 0 saturated carbocycles. The van der Waals surface area contributed by atoms with Gasteiger partial charge >= 0.3 is 0 Å². The molecule has 0 heterocycles. The fourth-order valence-corrected chi connectivity index (χ4v) is 1.92. The third-order valence-electron chi connectivity index (χ3n) is 3.19. The van der Waals surface area contributed by atoms with Gasteiger partial charge < -0.3 is 15.4 Å². The number of methoxy groups -OCH3 is 1. The molecule has 3 N–H and O–H groups in total. The van der Waals surface area contributed by atoms with E-state index in [1.807, 2.05) is 12.1 Å². The van der Waals surface area contributed by atoms with Crippen LogP contribution in [0.4, 0.5) is 0 Å². The third-order valence-corrected chi connectivity index (χ3v) is 3.19. The van der Waals surface area contributed by atoms with Crippen molar-refractivity contribution in [1.82, 2.24) is 15.7 Å². The zero-order chi connectivity index (χ0) is 17.2. The quantitative estimate of drug-likeness (QED) is 0.329. The zero-order valence-electron chi connectivity index (χ0n) is 13.1. The maximum atomic E-state index is 11.9. The predicted octanol–water partition coefficient (Wildman–Crippen LogP) is -0.294. The fraction of sp³-hybridized carbons (Fsp3) is 0.400. The number of benzene rings is 1. The second-order valence-corrected chi connectivity index (χ2v) is 4.81. The SMILES string of the molecule is CNC(=O)[C@H](Cc1ccc(OC)cc1)NC(=O)CCN(O)C=O.